The highest BCUT2D eigenvalue weighted by atomic mass is 32.2. The van der Waals surface area contributed by atoms with Gasteiger partial charge < -0.3 is 14.6 Å². The van der Waals surface area contributed by atoms with E-state index in [9.17, 15) is 13.5 Å². The molecule has 1 N–H and O–H groups in total. The second-order valence-electron chi connectivity index (χ2n) is 4.32. The van der Waals surface area contributed by atoms with Gasteiger partial charge in [-0.3, -0.25) is 0 Å². The Balaban J connectivity index is 2.40. The molecule has 1 atom stereocenters. The zero-order valence-electron chi connectivity index (χ0n) is 10.9. The van der Waals surface area contributed by atoms with Gasteiger partial charge in [-0.05, 0) is 18.6 Å². The van der Waals surface area contributed by atoms with Gasteiger partial charge in [-0.25, -0.2) is 8.42 Å². The van der Waals surface area contributed by atoms with Crippen molar-refractivity contribution in [1.29, 1.82) is 0 Å². The lowest BCUT2D eigenvalue weighted by Crippen LogP contribution is -2.30. The smallest absolute Gasteiger partial charge is 0.246 e. The second-order valence-corrected chi connectivity index (χ2v) is 6.23. The molecule has 19 heavy (non-hydrogen) atoms. The molecule has 0 bridgehead atoms. The van der Waals surface area contributed by atoms with Crippen LogP contribution in [-0.4, -0.2) is 51.2 Å². The summed E-state index contributed by atoms with van der Waals surface area (Å²) in [4.78, 5) is 0.0879. The molecule has 0 spiro atoms. The average Bonchev–Trinajstić information content (AvgIpc) is 2.85. The first-order valence-electron chi connectivity index (χ1n) is 5.89. The molecular weight excluding hydrogens is 270 g/mol. The van der Waals surface area contributed by atoms with Crippen molar-refractivity contribution in [2.45, 2.75) is 17.4 Å². The van der Waals surface area contributed by atoms with E-state index in [1.165, 1.54) is 30.7 Å². The summed E-state index contributed by atoms with van der Waals surface area (Å²) in [5.41, 5.74) is 0. The van der Waals surface area contributed by atoms with Gasteiger partial charge in [0.15, 0.2) is 0 Å². The average molecular weight is 287 g/mol. The van der Waals surface area contributed by atoms with Gasteiger partial charge in [0.05, 0.1) is 20.3 Å². The third kappa shape index (κ3) is 2.68. The first kappa shape index (κ1) is 14.1. The number of benzene rings is 1. The van der Waals surface area contributed by atoms with E-state index in [2.05, 4.69) is 0 Å². The number of methoxy groups -OCH3 is 2. The van der Waals surface area contributed by atoms with E-state index >= 15 is 0 Å². The molecule has 1 aromatic rings. The molecule has 0 saturated carbocycles. The van der Waals surface area contributed by atoms with Crippen molar-refractivity contribution in [3.05, 3.63) is 18.2 Å². The Kier molecular flexibility index (Phi) is 3.98. The minimum atomic E-state index is -3.65. The number of ether oxygens (including phenoxy) is 2. The SMILES string of the molecule is COc1ccc(S(=O)(=O)N2CCC(O)C2)c(OC)c1. The maximum absolute atomic E-state index is 12.5. The summed E-state index contributed by atoms with van der Waals surface area (Å²) in [5.74, 6) is 0.762. The molecule has 106 valence electrons. The Morgan fingerprint density at radius 2 is 2.05 bits per heavy atom. The number of hydrogen-bond donors (Lipinski definition) is 1. The fourth-order valence-electron chi connectivity index (χ4n) is 2.06. The van der Waals surface area contributed by atoms with Gasteiger partial charge in [0.1, 0.15) is 16.4 Å². The minimum Gasteiger partial charge on any atom is -0.497 e. The van der Waals surface area contributed by atoms with Crippen LogP contribution in [0.5, 0.6) is 11.5 Å². The lowest BCUT2D eigenvalue weighted by Gasteiger charge is -2.18. The maximum atomic E-state index is 12.5. The quantitative estimate of drug-likeness (QED) is 0.870. The number of rotatable bonds is 4. The first-order chi connectivity index (χ1) is 8.98. The molecule has 0 radical (unpaired) electrons. The van der Waals surface area contributed by atoms with Gasteiger partial charge in [-0.15, -0.1) is 0 Å². The molecule has 1 aromatic carbocycles. The lowest BCUT2D eigenvalue weighted by molar-refractivity contribution is 0.189. The predicted molar refractivity (Wildman–Crippen MR) is 68.9 cm³/mol. The number of hydrogen-bond acceptors (Lipinski definition) is 5. The number of aliphatic hydroxyl groups excluding tert-OH is 1. The van der Waals surface area contributed by atoms with Crippen LogP contribution in [0.25, 0.3) is 0 Å². The van der Waals surface area contributed by atoms with Crippen LogP contribution >= 0.6 is 0 Å². The van der Waals surface area contributed by atoms with E-state index in [-0.39, 0.29) is 17.2 Å². The van der Waals surface area contributed by atoms with Crippen LogP contribution in [0.1, 0.15) is 6.42 Å². The van der Waals surface area contributed by atoms with Crippen molar-refractivity contribution >= 4 is 10.0 Å². The van der Waals surface area contributed by atoms with Crippen molar-refractivity contribution in [1.82, 2.24) is 4.31 Å². The fourth-order valence-corrected chi connectivity index (χ4v) is 3.68. The van der Waals surface area contributed by atoms with E-state index < -0.39 is 16.1 Å². The highest BCUT2D eigenvalue weighted by molar-refractivity contribution is 7.89. The molecular formula is C12H17NO5S. The number of β-amino-alcohol motifs (C(OH)–C–C–N with tert-alkyl or cyclic N) is 1. The van der Waals surface area contributed by atoms with Gasteiger partial charge in [-0.2, -0.15) is 4.31 Å². The molecule has 0 aliphatic carbocycles. The Morgan fingerprint density at radius 1 is 1.32 bits per heavy atom. The predicted octanol–water partition coefficient (Wildman–Crippen LogP) is 0.459. The van der Waals surface area contributed by atoms with Crippen LogP contribution in [0.3, 0.4) is 0 Å². The largest absolute Gasteiger partial charge is 0.497 e. The summed E-state index contributed by atoms with van der Waals surface area (Å²) in [6.07, 6.45) is -0.142. The summed E-state index contributed by atoms with van der Waals surface area (Å²) >= 11 is 0. The Labute approximate surface area is 112 Å². The summed E-state index contributed by atoms with van der Waals surface area (Å²) in [7, 11) is -0.737. The lowest BCUT2D eigenvalue weighted by atomic mass is 10.3. The molecule has 6 nitrogen and oxygen atoms in total. The topological polar surface area (TPSA) is 76.1 Å². The number of aliphatic hydroxyl groups is 1. The molecule has 2 rings (SSSR count). The minimum absolute atomic E-state index is 0.0879. The van der Waals surface area contributed by atoms with Gasteiger partial charge in [0, 0.05) is 19.2 Å². The summed E-state index contributed by atoms with van der Waals surface area (Å²) in [5, 5.41) is 9.46. The summed E-state index contributed by atoms with van der Waals surface area (Å²) < 4.78 is 36.3. The molecule has 1 saturated heterocycles. The molecule has 7 heteroatoms. The molecule has 1 unspecified atom stereocenters. The van der Waals surface area contributed by atoms with Crippen molar-refractivity contribution in [2.24, 2.45) is 0 Å². The number of nitrogens with zero attached hydrogens (tertiary/aromatic N) is 1. The highest BCUT2D eigenvalue weighted by Crippen LogP contribution is 2.31. The molecule has 0 aromatic heterocycles. The van der Waals surface area contributed by atoms with E-state index in [0.29, 0.717) is 18.7 Å². The Hall–Kier alpha value is -1.31. The van der Waals surface area contributed by atoms with Crippen molar-refractivity contribution in [2.75, 3.05) is 27.3 Å². The van der Waals surface area contributed by atoms with Crippen LogP contribution in [0.15, 0.2) is 23.1 Å². The highest BCUT2D eigenvalue weighted by Gasteiger charge is 2.33. The number of sulfonamides is 1. The maximum Gasteiger partial charge on any atom is 0.246 e. The fraction of sp³-hybridized carbons (Fsp3) is 0.500. The standard InChI is InChI=1S/C12H17NO5S/c1-17-10-3-4-12(11(7-10)18-2)19(15,16)13-6-5-9(14)8-13/h3-4,7,9,14H,5-6,8H2,1-2H3. The monoisotopic (exact) mass is 287 g/mol. The summed E-state index contributed by atoms with van der Waals surface area (Å²) in [6.45, 7) is 0.441. The van der Waals surface area contributed by atoms with Crippen LogP contribution < -0.4 is 9.47 Å². The third-order valence-electron chi connectivity index (χ3n) is 3.11. The van der Waals surface area contributed by atoms with Crippen LogP contribution in [0, 0.1) is 0 Å². The van der Waals surface area contributed by atoms with Crippen molar-refractivity contribution < 1.29 is 23.0 Å². The summed E-state index contributed by atoms with van der Waals surface area (Å²) in [6, 6.07) is 4.55. The van der Waals surface area contributed by atoms with Gasteiger partial charge in [0.25, 0.3) is 0 Å². The van der Waals surface area contributed by atoms with Gasteiger partial charge in [0.2, 0.25) is 10.0 Å². The zero-order valence-corrected chi connectivity index (χ0v) is 11.7. The van der Waals surface area contributed by atoms with E-state index in [1.807, 2.05) is 0 Å². The van der Waals surface area contributed by atoms with Crippen molar-refractivity contribution in [3.63, 3.8) is 0 Å². The molecule has 0 amide bonds. The Bertz CT molecular complexity index is 557. The van der Waals surface area contributed by atoms with Crippen molar-refractivity contribution in [3.8, 4) is 11.5 Å². The second kappa shape index (κ2) is 5.36. The third-order valence-corrected chi connectivity index (χ3v) is 5.02. The normalized spacial score (nSPS) is 20.5. The van der Waals surface area contributed by atoms with Gasteiger partial charge in [-0.1, -0.05) is 0 Å². The van der Waals surface area contributed by atoms with E-state index in [4.69, 9.17) is 9.47 Å². The van der Waals surface area contributed by atoms with Gasteiger partial charge >= 0.3 is 0 Å². The molecule has 1 heterocycles. The molecule has 1 aliphatic rings. The zero-order chi connectivity index (χ0) is 14.0. The van der Waals surface area contributed by atoms with E-state index in [1.54, 1.807) is 6.07 Å². The molecule has 1 aliphatic heterocycles. The first-order valence-corrected chi connectivity index (χ1v) is 7.33. The van der Waals surface area contributed by atoms with Crippen LogP contribution in [0.2, 0.25) is 0 Å². The van der Waals surface area contributed by atoms with Crippen LogP contribution in [0.4, 0.5) is 0 Å². The Morgan fingerprint density at radius 3 is 2.58 bits per heavy atom. The van der Waals surface area contributed by atoms with Crippen LogP contribution in [-0.2, 0) is 10.0 Å². The molecule has 1 fully saturated rings. The van der Waals surface area contributed by atoms with E-state index in [0.717, 1.165) is 0 Å².